The lowest BCUT2D eigenvalue weighted by molar-refractivity contribution is -0.137. The minimum atomic E-state index is -3.23. The van der Waals surface area contributed by atoms with E-state index in [9.17, 15) is 23.2 Å². The molecule has 30 heavy (non-hydrogen) atoms. The number of halogens is 2. The molecule has 0 fully saturated rings. The van der Waals surface area contributed by atoms with E-state index in [1.807, 2.05) is 5.32 Å². The maximum atomic E-state index is 13.7. The number of hydroxylamine groups is 1. The topological polar surface area (TPSA) is 120 Å². The lowest BCUT2D eigenvalue weighted by atomic mass is 9.91. The molecular weight excluding hydrogens is 418 g/mol. The number of hydrogen-bond acceptors (Lipinski definition) is 6. The van der Waals surface area contributed by atoms with E-state index in [1.165, 1.54) is 28.9 Å². The van der Waals surface area contributed by atoms with Crippen LogP contribution in [0.4, 0.5) is 8.78 Å². The maximum absolute atomic E-state index is 13.7. The summed E-state index contributed by atoms with van der Waals surface area (Å²) in [6, 6.07) is 3.94. The predicted molar refractivity (Wildman–Crippen MR) is 104 cm³/mol. The van der Waals surface area contributed by atoms with Crippen molar-refractivity contribution >= 4 is 29.1 Å². The average molecular weight is 436 g/mol. The maximum Gasteiger partial charge on any atom is 0.268 e. The smallest absolute Gasteiger partial charge is 0.268 e. The van der Waals surface area contributed by atoms with Gasteiger partial charge in [0.05, 0.1) is 16.6 Å². The normalized spacial score (nSPS) is 13.4. The zero-order valence-corrected chi connectivity index (χ0v) is 16.7. The molecule has 1 heterocycles. The summed E-state index contributed by atoms with van der Waals surface area (Å²) in [7, 11) is 0. The van der Waals surface area contributed by atoms with E-state index in [0.29, 0.717) is 5.56 Å². The van der Waals surface area contributed by atoms with Crippen molar-refractivity contribution in [2.45, 2.75) is 31.9 Å². The first kappa shape index (κ1) is 22.9. The number of thiazole rings is 1. The highest BCUT2D eigenvalue weighted by molar-refractivity contribution is 7.10. The van der Waals surface area contributed by atoms with Gasteiger partial charge in [0.25, 0.3) is 18.2 Å². The third-order valence-corrected chi connectivity index (χ3v) is 4.74. The van der Waals surface area contributed by atoms with Crippen molar-refractivity contribution in [2.75, 3.05) is 0 Å². The van der Waals surface area contributed by atoms with Crippen LogP contribution in [-0.2, 0) is 9.59 Å². The predicted octanol–water partition coefficient (Wildman–Crippen LogP) is 1.31. The van der Waals surface area contributed by atoms with Gasteiger partial charge in [-0.25, -0.2) is 14.3 Å². The van der Waals surface area contributed by atoms with E-state index in [-0.39, 0.29) is 5.56 Å². The highest BCUT2D eigenvalue weighted by Gasteiger charge is 2.48. The highest BCUT2D eigenvalue weighted by atomic mass is 32.1. The van der Waals surface area contributed by atoms with E-state index in [2.05, 4.69) is 22.1 Å². The Morgan fingerprint density at radius 2 is 1.87 bits per heavy atom. The Balaban J connectivity index is 2.22. The van der Waals surface area contributed by atoms with Gasteiger partial charge in [0.1, 0.15) is 11.6 Å². The molecule has 1 unspecified atom stereocenters. The second-order valence-electron chi connectivity index (χ2n) is 6.34. The van der Waals surface area contributed by atoms with Gasteiger partial charge in [-0.2, -0.15) is 0 Å². The van der Waals surface area contributed by atoms with Crippen molar-refractivity contribution < 1.29 is 28.4 Å². The molecule has 8 nitrogen and oxygen atoms in total. The van der Waals surface area contributed by atoms with Gasteiger partial charge in [0.15, 0.2) is 0 Å². The van der Waals surface area contributed by atoms with Crippen molar-refractivity contribution in [1.82, 2.24) is 21.1 Å². The molecule has 0 aliphatic carbocycles. The monoisotopic (exact) mass is 436 g/mol. The molecule has 0 spiro atoms. The minimum Gasteiger partial charge on any atom is -0.343 e. The first-order chi connectivity index (χ1) is 14.2. The highest BCUT2D eigenvalue weighted by Crippen LogP contribution is 2.21. The number of aromatic nitrogens is 1. The van der Waals surface area contributed by atoms with Crippen LogP contribution in [0, 0.1) is 11.8 Å². The Labute approximate surface area is 174 Å². The van der Waals surface area contributed by atoms with Crippen LogP contribution in [-0.4, -0.2) is 45.9 Å². The van der Waals surface area contributed by atoms with Crippen LogP contribution >= 0.6 is 11.3 Å². The van der Waals surface area contributed by atoms with Crippen LogP contribution in [0.1, 0.15) is 34.6 Å². The molecule has 158 valence electrons. The number of hydrogen-bond donors (Lipinski definition) is 4. The van der Waals surface area contributed by atoms with Gasteiger partial charge in [-0.3, -0.25) is 24.6 Å². The summed E-state index contributed by atoms with van der Waals surface area (Å²) in [5, 5.41) is 13.0. The first-order valence-electron chi connectivity index (χ1n) is 8.49. The van der Waals surface area contributed by atoms with Gasteiger partial charge >= 0.3 is 0 Å². The summed E-state index contributed by atoms with van der Waals surface area (Å²) in [4.78, 5) is 40.5. The molecule has 2 rings (SSSR count). The van der Waals surface area contributed by atoms with Crippen LogP contribution in [0.15, 0.2) is 36.0 Å². The molecule has 1 aromatic heterocycles. The van der Waals surface area contributed by atoms with Gasteiger partial charge in [0.2, 0.25) is 5.91 Å². The summed E-state index contributed by atoms with van der Waals surface area (Å²) >= 11 is 1.37. The third kappa shape index (κ3) is 5.59. The number of nitrogens with one attached hydrogen (secondary N) is 3. The van der Waals surface area contributed by atoms with E-state index in [4.69, 9.17) is 5.21 Å². The summed E-state index contributed by atoms with van der Waals surface area (Å²) in [6.07, 6.45) is -1.62. The molecule has 2 aromatic rings. The second-order valence-corrected chi connectivity index (χ2v) is 7.23. The molecule has 2 atom stereocenters. The van der Waals surface area contributed by atoms with Crippen LogP contribution in [0.3, 0.4) is 0 Å². The zero-order chi connectivity index (χ0) is 22.3. The van der Waals surface area contributed by atoms with Crippen LogP contribution in [0.25, 0.3) is 0 Å². The molecule has 0 radical (unpaired) electrons. The van der Waals surface area contributed by atoms with Gasteiger partial charge in [-0.15, -0.1) is 11.3 Å². The van der Waals surface area contributed by atoms with Gasteiger partial charge < -0.3 is 10.6 Å². The Kier molecular flexibility index (Phi) is 7.57. The Bertz CT molecular complexity index is 971. The number of alkyl halides is 2. The first-order valence-corrected chi connectivity index (χ1v) is 9.37. The second kappa shape index (κ2) is 9.91. The van der Waals surface area contributed by atoms with Crippen molar-refractivity contribution in [3.63, 3.8) is 0 Å². The Morgan fingerprint density at radius 3 is 2.37 bits per heavy atom. The fourth-order valence-corrected chi connectivity index (χ4v) is 2.98. The lowest BCUT2D eigenvalue weighted by Gasteiger charge is -2.36. The van der Waals surface area contributed by atoms with Crippen LogP contribution < -0.4 is 16.1 Å². The fraction of sp³-hybridized carbons (Fsp3) is 0.263. The number of amides is 3. The van der Waals surface area contributed by atoms with Gasteiger partial charge in [-0.05, 0) is 37.1 Å². The largest absolute Gasteiger partial charge is 0.343 e. The van der Waals surface area contributed by atoms with Gasteiger partial charge in [0, 0.05) is 18.1 Å². The summed E-state index contributed by atoms with van der Waals surface area (Å²) in [6.45, 7) is 1.87. The fourth-order valence-electron chi connectivity index (χ4n) is 2.51. The quantitative estimate of drug-likeness (QED) is 0.309. The number of nitrogens with zero attached hydrogens (tertiary/aromatic N) is 1. The Morgan fingerprint density at radius 1 is 1.20 bits per heavy atom. The summed E-state index contributed by atoms with van der Waals surface area (Å²) in [5.41, 5.74) is 1.07. The van der Waals surface area contributed by atoms with Crippen molar-refractivity contribution in [2.24, 2.45) is 0 Å². The van der Waals surface area contributed by atoms with Gasteiger partial charge in [-0.1, -0.05) is 5.92 Å². The standard InChI is InChI=1S/C19H18F2N4O4S/c1-11(26)24-19(2,18(20)21)15(17(28)25-29)23-16(27)13-6-3-12(4-7-13)5-8-14-9-22-10-30-14/h3-4,6-7,9-10,15,18,29H,1-2H3,(H,23,27)(H,24,26)(H,25,28)/t15-,19?/m1/s1. The molecule has 1 aromatic carbocycles. The molecule has 3 amide bonds. The molecule has 0 aliphatic heterocycles. The lowest BCUT2D eigenvalue weighted by Crippen LogP contribution is -2.68. The summed E-state index contributed by atoms with van der Waals surface area (Å²) in [5.74, 6) is 2.77. The van der Waals surface area contributed by atoms with E-state index < -0.39 is 35.7 Å². The van der Waals surface area contributed by atoms with E-state index in [1.54, 1.807) is 23.8 Å². The number of carbonyl (C=O) groups is 3. The van der Waals surface area contributed by atoms with E-state index in [0.717, 1.165) is 18.7 Å². The molecular formula is C19H18F2N4O4S. The average Bonchev–Trinajstić information content (AvgIpc) is 3.23. The summed E-state index contributed by atoms with van der Waals surface area (Å²) < 4.78 is 27.3. The van der Waals surface area contributed by atoms with E-state index >= 15 is 0 Å². The third-order valence-electron chi connectivity index (χ3n) is 4.06. The van der Waals surface area contributed by atoms with Crippen LogP contribution in [0.5, 0.6) is 0 Å². The molecule has 11 heteroatoms. The Hall–Kier alpha value is -3.36. The van der Waals surface area contributed by atoms with Crippen LogP contribution in [0.2, 0.25) is 0 Å². The molecule has 0 aliphatic rings. The number of benzene rings is 1. The number of carbonyl (C=O) groups excluding carboxylic acids is 3. The minimum absolute atomic E-state index is 0.0634. The van der Waals surface area contributed by atoms with Crippen molar-refractivity contribution in [3.05, 3.63) is 52.0 Å². The molecule has 4 N–H and O–H groups in total. The number of rotatable bonds is 6. The van der Waals surface area contributed by atoms with Crippen molar-refractivity contribution in [1.29, 1.82) is 0 Å². The zero-order valence-electron chi connectivity index (χ0n) is 15.9. The SMILES string of the molecule is CC(=O)NC(C)(C(F)F)[C@H](NC(=O)c1ccc(C#Cc2cncs2)cc1)C(=O)NO. The molecule has 0 bridgehead atoms. The molecule has 0 saturated heterocycles. The molecule has 0 saturated carbocycles. The van der Waals surface area contributed by atoms with Crippen molar-refractivity contribution in [3.8, 4) is 11.8 Å².